The Balaban J connectivity index is 1.83. The number of hydrogen-bond donors (Lipinski definition) is 1. The van der Waals surface area contributed by atoms with Gasteiger partial charge < -0.3 is 14.6 Å². The van der Waals surface area contributed by atoms with Crippen LogP contribution >= 0.6 is 0 Å². The molecule has 6 nitrogen and oxygen atoms in total. The molecule has 0 aromatic rings. The van der Waals surface area contributed by atoms with Crippen molar-refractivity contribution in [3.8, 4) is 0 Å². The molecule has 4 rings (SSSR count). The van der Waals surface area contributed by atoms with Gasteiger partial charge in [-0.25, -0.2) is 0 Å². The van der Waals surface area contributed by atoms with Crippen molar-refractivity contribution < 1.29 is 29.0 Å². The van der Waals surface area contributed by atoms with Crippen LogP contribution in [0.1, 0.15) is 80.1 Å². The maximum absolute atomic E-state index is 12.9. The van der Waals surface area contributed by atoms with Crippen LogP contribution < -0.4 is 0 Å². The number of hydrogen-bond acceptors (Lipinski definition) is 5. The molecule has 0 aromatic carbocycles. The second kappa shape index (κ2) is 8.84. The second-order valence-electron chi connectivity index (χ2n) is 11.7. The van der Waals surface area contributed by atoms with E-state index in [1.165, 1.54) is 12.8 Å². The van der Waals surface area contributed by atoms with E-state index in [-0.39, 0.29) is 28.8 Å². The Morgan fingerprint density at radius 3 is 2.35 bits per heavy atom. The van der Waals surface area contributed by atoms with Gasteiger partial charge in [0, 0.05) is 0 Å². The van der Waals surface area contributed by atoms with E-state index in [1.807, 2.05) is 20.8 Å². The minimum absolute atomic E-state index is 0.0620. The molecule has 0 radical (unpaired) electrons. The summed E-state index contributed by atoms with van der Waals surface area (Å²) in [4.78, 5) is 37.2. The average Bonchev–Trinajstić information content (AvgIpc) is 2.92. The van der Waals surface area contributed by atoms with Crippen LogP contribution in [0.3, 0.4) is 0 Å². The van der Waals surface area contributed by atoms with E-state index in [9.17, 15) is 19.5 Å². The van der Waals surface area contributed by atoms with Crippen LogP contribution in [0.15, 0.2) is 0 Å². The lowest BCUT2D eigenvalue weighted by atomic mass is 9.48. The molecule has 1 N–H and O–H groups in total. The molecular weight excluding hydrogens is 396 g/mol. The minimum atomic E-state index is -0.854. The molecule has 3 saturated carbocycles. The molecule has 0 spiro atoms. The first-order valence-electron chi connectivity index (χ1n) is 11.9. The summed E-state index contributed by atoms with van der Waals surface area (Å²) in [5.74, 6) is -2.11. The number of fused-ring (bicyclic) bond motifs is 3. The number of rotatable bonds is 8. The van der Waals surface area contributed by atoms with Crippen molar-refractivity contribution in [1.29, 1.82) is 0 Å². The zero-order chi connectivity index (χ0) is 23.1. The zero-order valence-electron chi connectivity index (χ0n) is 20.0. The molecule has 31 heavy (non-hydrogen) atoms. The lowest BCUT2D eigenvalue weighted by molar-refractivity contribution is -0.156. The van der Waals surface area contributed by atoms with Crippen LogP contribution in [-0.4, -0.2) is 35.2 Å². The van der Waals surface area contributed by atoms with Gasteiger partial charge in [-0.3, -0.25) is 14.4 Å². The highest BCUT2D eigenvalue weighted by Gasteiger charge is 2.59. The molecule has 6 heteroatoms. The van der Waals surface area contributed by atoms with Crippen molar-refractivity contribution in [3.63, 3.8) is 0 Å². The second-order valence-corrected chi connectivity index (χ2v) is 11.7. The van der Waals surface area contributed by atoms with Crippen molar-refractivity contribution >= 4 is 17.9 Å². The summed E-state index contributed by atoms with van der Waals surface area (Å²) in [6, 6.07) is 0. The minimum Gasteiger partial charge on any atom is -0.481 e. The maximum atomic E-state index is 12.9. The Hall–Kier alpha value is -1.43. The van der Waals surface area contributed by atoms with E-state index in [1.54, 1.807) is 6.92 Å². The fraction of sp³-hybridized carbons (Fsp3) is 0.880. The molecule has 6 unspecified atom stereocenters. The summed E-state index contributed by atoms with van der Waals surface area (Å²) < 4.78 is 11.2. The van der Waals surface area contributed by atoms with Crippen molar-refractivity contribution in [3.05, 3.63) is 0 Å². The third-order valence-electron chi connectivity index (χ3n) is 8.33. The monoisotopic (exact) mass is 436 g/mol. The lowest BCUT2D eigenvalue weighted by Crippen LogP contribution is -2.51. The standard InChI is InChI=1S/C25H40O6/c1-14(21(26)27)11-16(13-30-24(3,4)5)12-18-19(23(29)31-22(18)28)20-15(2)17-7-9-25(20,6)10-8-17/h14-20H,7-13H2,1-6H3,(H,26,27). The van der Waals surface area contributed by atoms with Gasteiger partial charge in [0.05, 0.1) is 30.0 Å². The summed E-state index contributed by atoms with van der Waals surface area (Å²) in [6.07, 6.45) is 5.45. The Morgan fingerprint density at radius 2 is 1.84 bits per heavy atom. The summed E-state index contributed by atoms with van der Waals surface area (Å²) >= 11 is 0. The van der Waals surface area contributed by atoms with E-state index < -0.39 is 29.7 Å². The van der Waals surface area contributed by atoms with Gasteiger partial charge in [-0.15, -0.1) is 0 Å². The molecule has 4 fully saturated rings. The van der Waals surface area contributed by atoms with Crippen LogP contribution in [-0.2, 0) is 23.9 Å². The number of carbonyl (C=O) groups is 3. The van der Waals surface area contributed by atoms with Crippen LogP contribution in [0, 0.1) is 46.8 Å². The molecule has 0 aromatic heterocycles. The van der Waals surface area contributed by atoms with E-state index in [0.29, 0.717) is 31.3 Å². The highest BCUT2D eigenvalue weighted by molar-refractivity contribution is 5.96. The first-order chi connectivity index (χ1) is 14.3. The first-order valence-corrected chi connectivity index (χ1v) is 11.9. The first kappa shape index (κ1) is 24.2. The summed E-state index contributed by atoms with van der Waals surface area (Å²) in [5.41, 5.74) is -0.298. The zero-order valence-corrected chi connectivity index (χ0v) is 20.0. The number of carbonyl (C=O) groups excluding carboxylic acids is 2. The van der Waals surface area contributed by atoms with E-state index in [0.717, 1.165) is 12.8 Å². The SMILES string of the molecule is CC(CC(COC(C)(C)C)CC1C(=O)OC(=O)C1C1C(C)C2CCC1(C)CC2)C(=O)O. The quantitative estimate of drug-likeness (QED) is 0.438. The molecule has 6 atom stereocenters. The van der Waals surface area contributed by atoms with Crippen molar-refractivity contribution in [1.82, 2.24) is 0 Å². The summed E-state index contributed by atoms with van der Waals surface area (Å²) in [7, 11) is 0. The summed E-state index contributed by atoms with van der Waals surface area (Å²) in [6.45, 7) is 12.5. The van der Waals surface area contributed by atoms with E-state index in [2.05, 4.69) is 13.8 Å². The lowest BCUT2D eigenvalue weighted by Gasteiger charge is -2.56. The number of esters is 2. The molecule has 2 bridgehead atoms. The normalized spacial score (nSPS) is 37.5. The summed E-state index contributed by atoms with van der Waals surface area (Å²) in [5, 5.41) is 9.42. The Morgan fingerprint density at radius 1 is 1.23 bits per heavy atom. The molecule has 1 heterocycles. The molecule has 4 aliphatic rings. The van der Waals surface area contributed by atoms with Crippen LogP contribution in [0.4, 0.5) is 0 Å². The number of carboxylic acid groups (broad SMARTS) is 1. The van der Waals surface area contributed by atoms with Crippen LogP contribution in [0.5, 0.6) is 0 Å². The number of ether oxygens (including phenoxy) is 2. The number of aliphatic carboxylic acids is 1. The Labute approximate surface area is 186 Å². The fourth-order valence-electron chi connectivity index (χ4n) is 6.60. The van der Waals surface area contributed by atoms with E-state index >= 15 is 0 Å². The predicted octanol–water partition coefficient (Wildman–Crippen LogP) is 4.70. The van der Waals surface area contributed by atoms with Crippen LogP contribution in [0.25, 0.3) is 0 Å². The molecule has 3 aliphatic carbocycles. The topological polar surface area (TPSA) is 89.9 Å². The van der Waals surface area contributed by atoms with Gasteiger partial charge in [-0.05, 0) is 88.4 Å². The highest BCUT2D eigenvalue weighted by Crippen LogP contribution is 2.61. The third kappa shape index (κ3) is 5.15. The fourth-order valence-corrected chi connectivity index (χ4v) is 6.60. The largest absolute Gasteiger partial charge is 0.481 e. The van der Waals surface area contributed by atoms with Gasteiger partial charge in [0.2, 0.25) is 0 Å². The molecular formula is C25H40O6. The van der Waals surface area contributed by atoms with Gasteiger partial charge in [0.25, 0.3) is 0 Å². The van der Waals surface area contributed by atoms with Crippen molar-refractivity contribution in [2.24, 2.45) is 46.8 Å². The molecule has 176 valence electrons. The van der Waals surface area contributed by atoms with Gasteiger partial charge in [-0.2, -0.15) is 0 Å². The Bertz CT molecular complexity index is 699. The number of cyclic esters (lactones) is 2. The van der Waals surface area contributed by atoms with Gasteiger partial charge in [-0.1, -0.05) is 20.8 Å². The van der Waals surface area contributed by atoms with Gasteiger partial charge in [0.15, 0.2) is 0 Å². The molecule has 1 saturated heterocycles. The molecule has 0 amide bonds. The van der Waals surface area contributed by atoms with Crippen LogP contribution in [0.2, 0.25) is 0 Å². The maximum Gasteiger partial charge on any atom is 0.317 e. The number of carboxylic acids is 1. The highest BCUT2D eigenvalue weighted by atomic mass is 16.6. The van der Waals surface area contributed by atoms with Gasteiger partial charge in [0.1, 0.15) is 0 Å². The predicted molar refractivity (Wildman–Crippen MR) is 116 cm³/mol. The Kier molecular flexibility index (Phi) is 6.90. The van der Waals surface area contributed by atoms with Crippen molar-refractivity contribution in [2.75, 3.05) is 6.61 Å². The average molecular weight is 437 g/mol. The smallest absolute Gasteiger partial charge is 0.317 e. The van der Waals surface area contributed by atoms with Gasteiger partial charge >= 0.3 is 17.9 Å². The van der Waals surface area contributed by atoms with E-state index in [4.69, 9.17) is 9.47 Å². The molecule has 1 aliphatic heterocycles. The third-order valence-corrected chi connectivity index (χ3v) is 8.33. The van der Waals surface area contributed by atoms with Crippen molar-refractivity contribution in [2.45, 2.75) is 85.7 Å².